The molecule has 0 aliphatic rings. The summed E-state index contributed by atoms with van der Waals surface area (Å²) in [5.74, 6) is -0.338. The first-order valence-electron chi connectivity index (χ1n) is 7.17. The van der Waals surface area contributed by atoms with E-state index in [1.165, 1.54) is 25.1 Å². The van der Waals surface area contributed by atoms with E-state index >= 15 is 0 Å². The van der Waals surface area contributed by atoms with Crippen molar-refractivity contribution in [2.75, 3.05) is 0 Å². The quantitative estimate of drug-likeness (QED) is 0.616. The van der Waals surface area contributed by atoms with E-state index < -0.39 is 18.7 Å². The van der Waals surface area contributed by atoms with Crippen LogP contribution in [0.15, 0.2) is 42.5 Å². The SMILES string of the molecule is CC(Oc1ccc(Cl)cc1)C(=O)OCc1cc(Cl)ccc1OC(F)F. The Balaban J connectivity index is 1.96. The van der Waals surface area contributed by atoms with Crippen molar-refractivity contribution in [2.24, 2.45) is 0 Å². The molecule has 0 aromatic heterocycles. The molecule has 0 spiro atoms. The third kappa shape index (κ3) is 6.07. The first-order valence-corrected chi connectivity index (χ1v) is 7.93. The minimum absolute atomic E-state index is 0.113. The van der Waals surface area contributed by atoms with Crippen LogP contribution < -0.4 is 9.47 Å². The Bertz CT molecular complexity index is 723. The molecule has 0 radical (unpaired) electrons. The van der Waals surface area contributed by atoms with Gasteiger partial charge in [0.05, 0.1) is 0 Å². The van der Waals surface area contributed by atoms with Gasteiger partial charge in [-0.1, -0.05) is 23.2 Å². The molecule has 1 unspecified atom stereocenters. The predicted octanol–water partition coefficient (Wildman–Crippen LogP) is 5.11. The van der Waals surface area contributed by atoms with E-state index in [0.29, 0.717) is 15.8 Å². The zero-order chi connectivity index (χ0) is 18.4. The molecule has 2 aromatic carbocycles. The summed E-state index contributed by atoms with van der Waals surface area (Å²) in [5, 5.41) is 0.841. The fourth-order valence-corrected chi connectivity index (χ4v) is 2.22. The number of alkyl halides is 2. The minimum atomic E-state index is -3.00. The zero-order valence-corrected chi connectivity index (χ0v) is 14.6. The summed E-state index contributed by atoms with van der Waals surface area (Å²) in [6.45, 7) is -1.77. The number of ether oxygens (including phenoxy) is 3. The van der Waals surface area contributed by atoms with Crippen LogP contribution in [0.4, 0.5) is 8.78 Å². The summed E-state index contributed by atoms with van der Waals surface area (Å²) in [7, 11) is 0. The number of benzene rings is 2. The lowest BCUT2D eigenvalue weighted by Gasteiger charge is -2.15. The number of esters is 1. The summed E-state index contributed by atoms with van der Waals surface area (Å²) >= 11 is 11.6. The fourth-order valence-electron chi connectivity index (χ4n) is 1.90. The van der Waals surface area contributed by atoms with Crippen LogP contribution in [-0.2, 0) is 16.1 Å². The largest absolute Gasteiger partial charge is 0.479 e. The highest BCUT2D eigenvalue weighted by molar-refractivity contribution is 6.30. The van der Waals surface area contributed by atoms with Crippen LogP contribution in [0.3, 0.4) is 0 Å². The molecule has 134 valence electrons. The van der Waals surface area contributed by atoms with Crippen LogP contribution in [-0.4, -0.2) is 18.7 Å². The van der Waals surface area contributed by atoms with Gasteiger partial charge < -0.3 is 14.2 Å². The van der Waals surface area contributed by atoms with Crippen LogP contribution in [0, 0.1) is 0 Å². The van der Waals surface area contributed by atoms with Gasteiger partial charge in [0.15, 0.2) is 6.10 Å². The van der Waals surface area contributed by atoms with Gasteiger partial charge in [0.1, 0.15) is 18.1 Å². The highest BCUT2D eigenvalue weighted by Crippen LogP contribution is 2.25. The van der Waals surface area contributed by atoms with E-state index in [4.69, 9.17) is 32.7 Å². The Kier molecular flexibility index (Phi) is 6.84. The molecule has 25 heavy (non-hydrogen) atoms. The first-order chi connectivity index (χ1) is 11.8. The van der Waals surface area contributed by atoms with Gasteiger partial charge in [0.25, 0.3) is 0 Å². The van der Waals surface area contributed by atoms with Gasteiger partial charge in [0, 0.05) is 15.6 Å². The number of rotatable bonds is 7. The van der Waals surface area contributed by atoms with Crippen molar-refractivity contribution in [2.45, 2.75) is 26.2 Å². The van der Waals surface area contributed by atoms with Gasteiger partial charge in [-0.05, 0) is 49.4 Å². The molecule has 2 rings (SSSR count). The molecule has 0 aliphatic carbocycles. The molecular weight excluding hydrogens is 377 g/mol. The first kappa shape index (κ1) is 19.3. The van der Waals surface area contributed by atoms with E-state index in [-0.39, 0.29) is 17.9 Å². The van der Waals surface area contributed by atoms with E-state index in [1.54, 1.807) is 24.3 Å². The average Bonchev–Trinajstić information content (AvgIpc) is 2.56. The summed E-state index contributed by atoms with van der Waals surface area (Å²) < 4.78 is 39.7. The molecule has 0 saturated heterocycles. The van der Waals surface area contributed by atoms with Crippen LogP contribution in [0.25, 0.3) is 0 Å². The Morgan fingerprint density at radius 1 is 1.04 bits per heavy atom. The molecule has 8 heteroatoms. The van der Waals surface area contributed by atoms with Gasteiger partial charge in [-0.3, -0.25) is 0 Å². The minimum Gasteiger partial charge on any atom is -0.479 e. The van der Waals surface area contributed by atoms with Gasteiger partial charge >= 0.3 is 12.6 Å². The van der Waals surface area contributed by atoms with Crippen LogP contribution >= 0.6 is 23.2 Å². The van der Waals surface area contributed by atoms with Crippen molar-refractivity contribution in [3.63, 3.8) is 0 Å². The molecule has 0 amide bonds. The van der Waals surface area contributed by atoms with Crippen molar-refractivity contribution in [1.82, 2.24) is 0 Å². The Labute approximate surface area is 153 Å². The molecule has 0 heterocycles. The van der Waals surface area contributed by atoms with Gasteiger partial charge in [-0.15, -0.1) is 0 Å². The number of carbonyl (C=O) groups excluding carboxylic acids is 1. The summed E-state index contributed by atoms with van der Waals surface area (Å²) in [6.07, 6.45) is -0.903. The van der Waals surface area contributed by atoms with E-state index in [2.05, 4.69) is 4.74 Å². The third-order valence-corrected chi connectivity index (χ3v) is 3.55. The highest BCUT2D eigenvalue weighted by atomic mass is 35.5. The van der Waals surface area contributed by atoms with Gasteiger partial charge in [-0.25, -0.2) is 4.79 Å². The third-order valence-electron chi connectivity index (χ3n) is 3.07. The smallest absolute Gasteiger partial charge is 0.387 e. The van der Waals surface area contributed by atoms with Crippen molar-refractivity contribution in [1.29, 1.82) is 0 Å². The van der Waals surface area contributed by atoms with Crippen molar-refractivity contribution >= 4 is 29.2 Å². The molecule has 0 N–H and O–H groups in total. The molecule has 2 aromatic rings. The fraction of sp³-hybridized carbons (Fsp3) is 0.235. The monoisotopic (exact) mass is 390 g/mol. The van der Waals surface area contributed by atoms with Gasteiger partial charge in [0.2, 0.25) is 0 Å². The van der Waals surface area contributed by atoms with E-state index in [1.807, 2.05) is 0 Å². The normalized spacial score (nSPS) is 11.9. The lowest BCUT2D eigenvalue weighted by atomic mass is 10.2. The zero-order valence-electron chi connectivity index (χ0n) is 13.0. The topological polar surface area (TPSA) is 44.8 Å². The Hall–Kier alpha value is -2.05. The molecule has 4 nitrogen and oxygen atoms in total. The average molecular weight is 391 g/mol. The molecule has 0 saturated carbocycles. The van der Waals surface area contributed by atoms with Gasteiger partial charge in [-0.2, -0.15) is 8.78 Å². The van der Waals surface area contributed by atoms with Crippen LogP contribution in [0.5, 0.6) is 11.5 Å². The molecule has 0 fully saturated rings. The Morgan fingerprint density at radius 2 is 1.68 bits per heavy atom. The molecule has 1 atom stereocenters. The number of hydrogen-bond donors (Lipinski definition) is 0. The molecule has 0 aliphatic heterocycles. The lowest BCUT2D eigenvalue weighted by molar-refractivity contribution is -0.152. The molecule has 0 bridgehead atoms. The lowest BCUT2D eigenvalue weighted by Crippen LogP contribution is -2.26. The maximum absolute atomic E-state index is 12.4. The number of carbonyl (C=O) groups is 1. The van der Waals surface area contributed by atoms with Crippen LogP contribution in [0.1, 0.15) is 12.5 Å². The summed E-state index contributed by atoms with van der Waals surface area (Å²) in [6, 6.07) is 10.5. The number of hydrogen-bond acceptors (Lipinski definition) is 4. The standard InChI is InChI=1S/C17H14Cl2F2O4/c1-10(24-14-5-2-12(18)3-6-14)16(22)23-9-11-8-13(19)4-7-15(11)25-17(20)21/h2-8,10,17H,9H2,1H3. The van der Waals surface area contributed by atoms with Crippen molar-refractivity contribution in [3.8, 4) is 11.5 Å². The second-order valence-electron chi connectivity index (χ2n) is 4.95. The van der Waals surface area contributed by atoms with E-state index in [9.17, 15) is 13.6 Å². The summed E-state index contributed by atoms with van der Waals surface area (Å²) in [4.78, 5) is 12.0. The Morgan fingerprint density at radius 3 is 2.32 bits per heavy atom. The summed E-state index contributed by atoms with van der Waals surface area (Å²) in [5.41, 5.74) is 0.222. The maximum atomic E-state index is 12.4. The van der Waals surface area contributed by atoms with E-state index in [0.717, 1.165) is 0 Å². The highest BCUT2D eigenvalue weighted by Gasteiger charge is 2.18. The molecular formula is C17H14Cl2F2O4. The number of halogens is 4. The van der Waals surface area contributed by atoms with Crippen molar-refractivity contribution in [3.05, 3.63) is 58.1 Å². The second kappa shape index (κ2) is 8.87. The second-order valence-corrected chi connectivity index (χ2v) is 5.83. The van der Waals surface area contributed by atoms with Crippen molar-refractivity contribution < 1.29 is 27.8 Å². The predicted molar refractivity (Wildman–Crippen MR) is 89.4 cm³/mol. The maximum Gasteiger partial charge on any atom is 0.387 e. The van der Waals surface area contributed by atoms with Crippen LogP contribution in [0.2, 0.25) is 10.0 Å².